The minimum absolute atomic E-state index is 0.361. The lowest BCUT2D eigenvalue weighted by Crippen LogP contribution is -1.87. The maximum Gasteiger partial charge on any atom is 0.101 e. The smallest absolute Gasteiger partial charge is 0.101 e. The van der Waals surface area contributed by atoms with Crippen LogP contribution >= 0.6 is 0 Å². The monoisotopic (exact) mass is 203 g/mol. The van der Waals surface area contributed by atoms with E-state index in [0.29, 0.717) is 22.1 Å². The maximum absolute atomic E-state index is 9.01. The van der Waals surface area contributed by atoms with E-state index in [1.54, 1.807) is 30.3 Å². The van der Waals surface area contributed by atoms with Crippen molar-refractivity contribution in [1.29, 1.82) is 15.8 Å². The summed E-state index contributed by atoms with van der Waals surface area (Å²) in [4.78, 5) is 0. The van der Waals surface area contributed by atoms with Crippen LogP contribution in [0.1, 0.15) is 16.7 Å². The summed E-state index contributed by atoms with van der Waals surface area (Å²) in [5, 5.41) is 28.1. The molecule has 0 aromatic heterocycles. The van der Waals surface area contributed by atoms with Crippen molar-refractivity contribution in [3.8, 4) is 18.2 Å². The van der Waals surface area contributed by atoms with Gasteiger partial charge in [-0.3, -0.25) is 0 Å². The summed E-state index contributed by atoms with van der Waals surface area (Å²) < 4.78 is 0. The number of fused-ring (bicyclic) bond motifs is 1. The second-order valence-electron chi connectivity index (χ2n) is 3.26. The molecule has 0 aliphatic heterocycles. The van der Waals surface area contributed by atoms with Crippen LogP contribution in [0, 0.1) is 34.0 Å². The number of hydrogen-bond acceptors (Lipinski definition) is 3. The van der Waals surface area contributed by atoms with E-state index in [2.05, 4.69) is 0 Å². The van der Waals surface area contributed by atoms with Gasteiger partial charge in [-0.15, -0.1) is 0 Å². The number of rotatable bonds is 0. The molecule has 0 atom stereocenters. The van der Waals surface area contributed by atoms with Gasteiger partial charge in [-0.25, -0.2) is 0 Å². The van der Waals surface area contributed by atoms with Gasteiger partial charge >= 0.3 is 0 Å². The van der Waals surface area contributed by atoms with Crippen molar-refractivity contribution in [2.75, 3.05) is 0 Å². The van der Waals surface area contributed by atoms with E-state index in [1.807, 2.05) is 18.2 Å². The van der Waals surface area contributed by atoms with E-state index in [9.17, 15) is 0 Å². The lowest BCUT2D eigenvalue weighted by Gasteiger charge is -2.01. The van der Waals surface area contributed by atoms with Gasteiger partial charge in [0.05, 0.1) is 22.8 Å². The van der Waals surface area contributed by atoms with Crippen molar-refractivity contribution < 1.29 is 0 Å². The summed E-state index contributed by atoms with van der Waals surface area (Å²) in [5.74, 6) is 0. The van der Waals surface area contributed by atoms with Crippen LogP contribution < -0.4 is 0 Å². The molecule has 0 unspecified atom stereocenters. The molecule has 3 heteroatoms. The van der Waals surface area contributed by atoms with Crippen molar-refractivity contribution in [3.63, 3.8) is 0 Å². The number of nitrogens with zero attached hydrogens (tertiary/aromatic N) is 3. The highest BCUT2D eigenvalue weighted by Crippen LogP contribution is 2.22. The summed E-state index contributed by atoms with van der Waals surface area (Å²) in [7, 11) is 0. The minimum atomic E-state index is 0.361. The topological polar surface area (TPSA) is 71.4 Å². The van der Waals surface area contributed by atoms with Crippen LogP contribution in [0.5, 0.6) is 0 Å². The first-order valence-corrected chi connectivity index (χ1v) is 4.57. The van der Waals surface area contributed by atoms with Crippen molar-refractivity contribution >= 4 is 10.8 Å². The van der Waals surface area contributed by atoms with Crippen molar-refractivity contribution in [3.05, 3.63) is 47.0 Å². The summed E-state index contributed by atoms with van der Waals surface area (Å²) in [5.41, 5.74) is 1.27. The normalized spacial score (nSPS) is 9.06. The zero-order chi connectivity index (χ0) is 11.5. The third-order valence-corrected chi connectivity index (χ3v) is 2.38. The minimum Gasteiger partial charge on any atom is -0.192 e. The van der Waals surface area contributed by atoms with Gasteiger partial charge in [-0.2, -0.15) is 15.8 Å². The number of hydrogen-bond donors (Lipinski definition) is 0. The average molecular weight is 203 g/mol. The molecule has 0 bridgehead atoms. The van der Waals surface area contributed by atoms with Crippen LogP contribution in [-0.4, -0.2) is 0 Å². The highest BCUT2D eigenvalue weighted by Gasteiger charge is 2.06. The van der Waals surface area contributed by atoms with Crippen LogP contribution in [-0.2, 0) is 0 Å². The van der Waals surface area contributed by atoms with E-state index in [-0.39, 0.29) is 0 Å². The molecule has 0 spiro atoms. The molecule has 0 aliphatic carbocycles. The van der Waals surface area contributed by atoms with Crippen molar-refractivity contribution in [2.45, 2.75) is 0 Å². The summed E-state index contributed by atoms with van der Waals surface area (Å²) in [6.07, 6.45) is 0. The Morgan fingerprint density at radius 2 is 1.62 bits per heavy atom. The van der Waals surface area contributed by atoms with Crippen LogP contribution in [0.25, 0.3) is 10.8 Å². The van der Waals surface area contributed by atoms with E-state index in [1.165, 1.54) is 0 Å². The van der Waals surface area contributed by atoms with E-state index < -0.39 is 0 Å². The van der Waals surface area contributed by atoms with E-state index >= 15 is 0 Å². The molecule has 16 heavy (non-hydrogen) atoms. The predicted molar refractivity (Wildman–Crippen MR) is 58.1 cm³/mol. The number of nitriles is 3. The molecule has 0 heterocycles. The molecule has 0 fully saturated rings. The van der Waals surface area contributed by atoms with Crippen LogP contribution in [0.15, 0.2) is 30.3 Å². The Morgan fingerprint density at radius 1 is 0.812 bits per heavy atom. The van der Waals surface area contributed by atoms with Crippen LogP contribution in [0.2, 0.25) is 0 Å². The maximum atomic E-state index is 9.01. The first-order valence-electron chi connectivity index (χ1n) is 4.57. The second kappa shape index (κ2) is 3.73. The highest BCUT2D eigenvalue weighted by atomic mass is 14.3. The summed E-state index contributed by atoms with van der Waals surface area (Å²) >= 11 is 0. The molecule has 72 valence electrons. The molecule has 0 amide bonds. The molecule has 0 saturated heterocycles. The third-order valence-electron chi connectivity index (χ3n) is 2.38. The third kappa shape index (κ3) is 1.36. The Hall–Kier alpha value is -2.83. The number of benzene rings is 2. The second-order valence-corrected chi connectivity index (χ2v) is 3.26. The Balaban J connectivity index is 2.88. The standard InChI is InChI=1S/C13H5N3/c14-6-9-1-4-12-10(5-9)2-3-11(7-15)13(12)8-16/h1-5H. The molecule has 0 saturated carbocycles. The van der Waals surface area contributed by atoms with Crippen molar-refractivity contribution in [1.82, 2.24) is 0 Å². The summed E-state index contributed by atoms with van der Waals surface area (Å²) in [6.45, 7) is 0. The molecule has 3 nitrogen and oxygen atoms in total. The fraction of sp³-hybridized carbons (Fsp3) is 0. The summed E-state index contributed by atoms with van der Waals surface area (Å²) in [6, 6.07) is 14.4. The fourth-order valence-corrected chi connectivity index (χ4v) is 1.61. The van der Waals surface area contributed by atoms with Gasteiger partial charge in [0.25, 0.3) is 0 Å². The quantitative estimate of drug-likeness (QED) is 0.660. The molecule has 2 rings (SSSR count). The Morgan fingerprint density at radius 3 is 2.25 bits per heavy atom. The van der Waals surface area contributed by atoms with Gasteiger partial charge < -0.3 is 0 Å². The first-order chi connectivity index (χ1) is 7.80. The van der Waals surface area contributed by atoms with Crippen LogP contribution in [0.3, 0.4) is 0 Å². The Labute approximate surface area is 92.4 Å². The molecule has 0 N–H and O–H groups in total. The Kier molecular flexibility index (Phi) is 2.27. The van der Waals surface area contributed by atoms with Gasteiger partial charge in [0.2, 0.25) is 0 Å². The van der Waals surface area contributed by atoms with Crippen LogP contribution in [0.4, 0.5) is 0 Å². The zero-order valence-corrected chi connectivity index (χ0v) is 8.23. The lowest BCUT2D eigenvalue weighted by atomic mass is 9.99. The lowest BCUT2D eigenvalue weighted by molar-refractivity contribution is 1.45. The van der Waals surface area contributed by atoms with Crippen molar-refractivity contribution in [2.24, 2.45) is 0 Å². The van der Waals surface area contributed by atoms with E-state index in [0.717, 1.165) is 5.39 Å². The van der Waals surface area contributed by atoms with Gasteiger partial charge in [-0.1, -0.05) is 12.1 Å². The average Bonchev–Trinajstić information content (AvgIpc) is 2.36. The van der Waals surface area contributed by atoms with Gasteiger partial charge in [-0.05, 0) is 23.6 Å². The Bertz CT molecular complexity index is 694. The van der Waals surface area contributed by atoms with Gasteiger partial charge in [0, 0.05) is 5.39 Å². The SMILES string of the molecule is N#Cc1ccc2c(C#N)c(C#N)ccc2c1. The van der Waals surface area contributed by atoms with Gasteiger partial charge in [0.15, 0.2) is 0 Å². The fourth-order valence-electron chi connectivity index (χ4n) is 1.61. The van der Waals surface area contributed by atoms with Gasteiger partial charge in [0.1, 0.15) is 12.1 Å². The molecule has 0 radical (unpaired) electrons. The van der Waals surface area contributed by atoms with E-state index in [4.69, 9.17) is 15.8 Å². The molecule has 2 aromatic rings. The predicted octanol–water partition coefficient (Wildman–Crippen LogP) is 2.45. The zero-order valence-electron chi connectivity index (χ0n) is 8.23. The largest absolute Gasteiger partial charge is 0.192 e. The molecular formula is C13H5N3. The molecule has 0 aliphatic rings. The first kappa shape index (κ1) is 9.71. The molecular weight excluding hydrogens is 198 g/mol. The molecule has 2 aromatic carbocycles. The highest BCUT2D eigenvalue weighted by molar-refractivity contribution is 5.90.